The first-order valence-electron chi connectivity index (χ1n) is 6.59. The van der Waals surface area contributed by atoms with Crippen molar-refractivity contribution in [3.63, 3.8) is 0 Å². The first-order valence-corrected chi connectivity index (χ1v) is 6.59. The Hall–Kier alpha value is -2.54. The van der Waals surface area contributed by atoms with Crippen LogP contribution >= 0.6 is 0 Å². The first-order chi connectivity index (χ1) is 9.90. The van der Waals surface area contributed by atoms with Crippen LogP contribution in [0.25, 0.3) is 22.3 Å². The number of ether oxygens (including phenoxy) is 1. The van der Waals surface area contributed by atoms with Gasteiger partial charge in [0.25, 0.3) is 0 Å². The molecule has 3 aromatic rings. The number of methoxy groups -OCH3 is 1. The third kappa shape index (κ3) is 2.30. The molecule has 0 aromatic heterocycles. The topological polar surface area (TPSA) is 9.23 Å². The Balaban J connectivity index is 2.26. The van der Waals surface area contributed by atoms with E-state index in [0.29, 0.717) is 0 Å². The van der Waals surface area contributed by atoms with Gasteiger partial charge in [-0.1, -0.05) is 66.7 Å². The second kappa shape index (κ2) is 5.62. The van der Waals surface area contributed by atoms with E-state index < -0.39 is 0 Å². The summed E-state index contributed by atoms with van der Waals surface area (Å²) in [7, 11) is 1.69. The molecule has 0 saturated carbocycles. The Labute approximate surface area is 119 Å². The molecule has 0 aliphatic carbocycles. The lowest BCUT2D eigenvalue weighted by Crippen LogP contribution is -1.91. The molecule has 0 fully saturated rings. The monoisotopic (exact) mass is 259 g/mol. The summed E-state index contributed by atoms with van der Waals surface area (Å²) in [5.41, 5.74) is 4.56. The van der Waals surface area contributed by atoms with Crippen LogP contribution in [0.1, 0.15) is 0 Å². The minimum Gasteiger partial charge on any atom is -0.495 e. The highest BCUT2D eigenvalue weighted by Gasteiger charge is 2.12. The average molecular weight is 259 g/mol. The minimum absolute atomic E-state index is 0.776. The highest BCUT2D eigenvalue weighted by Crippen LogP contribution is 2.38. The SMILES string of the molecule is COc1[c]ccc(-c2ccccc2)c1-c1ccccc1. The number of hydrogen-bond donors (Lipinski definition) is 0. The number of rotatable bonds is 3. The van der Waals surface area contributed by atoms with Crippen LogP contribution in [0, 0.1) is 6.07 Å². The fraction of sp³-hybridized carbons (Fsp3) is 0.0526. The van der Waals surface area contributed by atoms with Gasteiger partial charge in [-0.25, -0.2) is 0 Å². The van der Waals surface area contributed by atoms with E-state index in [0.717, 1.165) is 22.4 Å². The summed E-state index contributed by atoms with van der Waals surface area (Å²) in [4.78, 5) is 0. The van der Waals surface area contributed by atoms with Crippen molar-refractivity contribution in [2.45, 2.75) is 0 Å². The van der Waals surface area contributed by atoms with Gasteiger partial charge in [-0.15, -0.1) is 0 Å². The maximum atomic E-state index is 5.51. The van der Waals surface area contributed by atoms with Crippen LogP contribution in [0.4, 0.5) is 0 Å². The van der Waals surface area contributed by atoms with Gasteiger partial charge in [0, 0.05) is 11.6 Å². The standard InChI is InChI=1S/C19H15O/c1-20-18-14-8-13-17(15-9-4-2-5-10-15)19(18)16-11-6-3-7-12-16/h2-13H,1H3. The van der Waals surface area contributed by atoms with Crippen LogP contribution in [0.5, 0.6) is 5.75 Å². The highest BCUT2D eigenvalue weighted by molar-refractivity contribution is 5.87. The van der Waals surface area contributed by atoms with Crippen molar-refractivity contribution in [3.8, 4) is 28.0 Å². The largest absolute Gasteiger partial charge is 0.495 e. The van der Waals surface area contributed by atoms with Crippen molar-refractivity contribution in [1.82, 2.24) is 0 Å². The summed E-state index contributed by atoms with van der Waals surface area (Å²) in [5.74, 6) is 0.776. The highest BCUT2D eigenvalue weighted by atomic mass is 16.5. The Morgan fingerprint density at radius 1 is 0.750 bits per heavy atom. The summed E-state index contributed by atoms with van der Waals surface area (Å²) in [6, 6.07) is 27.8. The van der Waals surface area contributed by atoms with Gasteiger partial charge >= 0.3 is 0 Å². The molecule has 1 radical (unpaired) electrons. The minimum atomic E-state index is 0.776. The maximum Gasteiger partial charge on any atom is 0.135 e. The van der Waals surface area contributed by atoms with E-state index in [4.69, 9.17) is 4.74 Å². The van der Waals surface area contributed by atoms with Crippen LogP contribution in [-0.4, -0.2) is 7.11 Å². The quantitative estimate of drug-likeness (QED) is 0.654. The fourth-order valence-electron chi connectivity index (χ4n) is 2.39. The van der Waals surface area contributed by atoms with E-state index in [2.05, 4.69) is 36.4 Å². The average Bonchev–Trinajstić information content (AvgIpc) is 2.55. The van der Waals surface area contributed by atoms with Gasteiger partial charge in [0.15, 0.2) is 0 Å². The number of benzene rings is 3. The van der Waals surface area contributed by atoms with Crippen molar-refractivity contribution in [2.75, 3.05) is 7.11 Å². The van der Waals surface area contributed by atoms with Crippen molar-refractivity contribution in [1.29, 1.82) is 0 Å². The summed E-state index contributed by atoms with van der Waals surface area (Å²) in [6.07, 6.45) is 0. The summed E-state index contributed by atoms with van der Waals surface area (Å²) < 4.78 is 5.51. The van der Waals surface area contributed by atoms with Gasteiger partial charge in [0.1, 0.15) is 5.75 Å². The normalized spacial score (nSPS) is 10.2. The van der Waals surface area contributed by atoms with E-state index >= 15 is 0 Å². The van der Waals surface area contributed by atoms with Crippen molar-refractivity contribution < 1.29 is 4.74 Å². The number of hydrogen-bond acceptors (Lipinski definition) is 1. The van der Waals surface area contributed by atoms with E-state index in [1.54, 1.807) is 7.11 Å². The molecule has 3 rings (SSSR count). The van der Waals surface area contributed by atoms with Crippen molar-refractivity contribution in [3.05, 3.63) is 78.9 Å². The molecule has 3 aromatic carbocycles. The molecule has 0 spiro atoms. The molecular weight excluding hydrogens is 244 g/mol. The second-order valence-electron chi connectivity index (χ2n) is 4.53. The molecule has 0 amide bonds. The molecule has 0 aliphatic heterocycles. The lowest BCUT2D eigenvalue weighted by molar-refractivity contribution is 0.415. The second-order valence-corrected chi connectivity index (χ2v) is 4.53. The molecule has 20 heavy (non-hydrogen) atoms. The predicted molar refractivity (Wildman–Crippen MR) is 82.7 cm³/mol. The fourth-order valence-corrected chi connectivity index (χ4v) is 2.39. The zero-order chi connectivity index (χ0) is 13.8. The molecule has 1 heteroatoms. The van der Waals surface area contributed by atoms with Crippen molar-refractivity contribution >= 4 is 0 Å². The van der Waals surface area contributed by atoms with Crippen LogP contribution < -0.4 is 4.74 Å². The molecule has 0 atom stereocenters. The lowest BCUT2D eigenvalue weighted by atomic mass is 9.94. The molecular formula is C19H15O. The van der Waals surface area contributed by atoms with E-state index in [1.165, 1.54) is 5.56 Å². The summed E-state index contributed by atoms with van der Waals surface area (Å²) in [5, 5.41) is 0. The maximum absolute atomic E-state index is 5.51. The van der Waals surface area contributed by atoms with Gasteiger partial charge in [0.05, 0.1) is 7.11 Å². The van der Waals surface area contributed by atoms with Crippen LogP contribution in [0.15, 0.2) is 72.8 Å². The molecule has 1 nitrogen and oxygen atoms in total. The van der Waals surface area contributed by atoms with Gasteiger partial charge in [-0.3, -0.25) is 0 Å². The zero-order valence-corrected chi connectivity index (χ0v) is 11.3. The Bertz CT molecular complexity index is 687. The van der Waals surface area contributed by atoms with Gasteiger partial charge in [-0.2, -0.15) is 0 Å². The third-order valence-corrected chi connectivity index (χ3v) is 3.31. The predicted octanol–water partition coefficient (Wildman–Crippen LogP) is 4.83. The van der Waals surface area contributed by atoms with Crippen LogP contribution in [-0.2, 0) is 0 Å². The molecule has 97 valence electrons. The Kier molecular flexibility index (Phi) is 3.51. The van der Waals surface area contributed by atoms with Gasteiger partial charge in [0.2, 0.25) is 0 Å². The molecule has 0 saturated heterocycles. The molecule has 0 aliphatic rings. The molecule has 0 unspecified atom stereocenters. The van der Waals surface area contributed by atoms with Gasteiger partial charge < -0.3 is 4.74 Å². The van der Waals surface area contributed by atoms with E-state index in [1.807, 2.05) is 42.5 Å². The van der Waals surface area contributed by atoms with E-state index in [9.17, 15) is 0 Å². The Morgan fingerprint density at radius 3 is 1.95 bits per heavy atom. The zero-order valence-electron chi connectivity index (χ0n) is 11.3. The smallest absolute Gasteiger partial charge is 0.135 e. The van der Waals surface area contributed by atoms with E-state index in [-0.39, 0.29) is 0 Å². The third-order valence-electron chi connectivity index (χ3n) is 3.31. The van der Waals surface area contributed by atoms with Crippen molar-refractivity contribution in [2.24, 2.45) is 0 Å². The Morgan fingerprint density at radius 2 is 1.35 bits per heavy atom. The van der Waals surface area contributed by atoms with Crippen LogP contribution in [0.2, 0.25) is 0 Å². The molecule has 0 N–H and O–H groups in total. The molecule has 0 heterocycles. The summed E-state index contributed by atoms with van der Waals surface area (Å²) in [6.45, 7) is 0. The van der Waals surface area contributed by atoms with Gasteiger partial charge in [-0.05, 0) is 22.8 Å². The van der Waals surface area contributed by atoms with Crippen LogP contribution in [0.3, 0.4) is 0 Å². The summed E-state index contributed by atoms with van der Waals surface area (Å²) >= 11 is 0. The lowest BCUT2D eigenvalue weighted by Gasteiger charge is -2.14. The molecule has 0 bridgehead atoms. The first kappa shape index (κ1) is 12.5.